The third-order valence-electron chi connectivity index (χ3n) is 7.72. The highest BCUT2D eigenvalue weighted by Gasteiger charge is 2.64. The lowest BCUT2D eigenvalue weighted by Gasteiger charge is -2.63. The summed E-state index contributed by atoms with van der Waals surface area (Å²) in [5, 5.41) is 23.2. The second kappa shape index (κ2) is 5.55. The van der Waals surface area contributed by atoms with Gasteiger partial charge in [-0.15, -0.1) is 0 Å². The fraction of sp³-hybridized carbons (Fsp3) is 0.375. The van der Waals surface area contributed by atoms with Crippen LogP contribution in [0.15, 0.2) is 42.5 Å². The van der Waals surface area contributed by atoms with Gasteiger partial charge < -0.3 is 15.1 Å². The van der Waals surface area contributed by atoms with E-state index in [1.165, 1.54) is 11.6 Å². The van der Waals surface area contributed by atoms with E-state index >= 15 is 0 Å². The fourth-order valence-corrected chi connectivity index (χ4v) is 6.26. The van der Waals surface area contributed by atoms with E-state index in [9.17, 15) is 14.6 Å². The molecule has 1 aromatic heterocycles. The van der Waals surface area contributed by atoms with Gasteiger partial charge in [0.2, 0.25) is 0 Å². The minimum atomic E-state index is -0.948. The van der Waals surface area contributed by atoms with Crippen LogP contribution in [0.2, 0.25) is 0 Å². The summed E-state index contributed by atoms with van der Waals surface area (Å²) in [6, 6.07) is 12.6. The SMILES string of the molecule is CN1CC[C@]23Cc4nc5c(F)cccc5cc4C[C@@]2(O)[C@H]1Cc1ccc(O)cc13. The number of benzene rings is 2. The van der Waals surface area contributed by atoms with Gasteiger partial charge in [-0.3, -0.25) is 0 Å². The lowest BCUT2D eigenvalue weighted by atomic mass is 9.49. The van der Waals surface area contributed by atoms with Crippen LogP contribution in [0.5, 0.6) is 5.75 Å². The molecule has 0 radical (unpaired) electrons. The Kier molecular flexibility index (Phi) is 3.33. The second-order valence-corrected chi connectivity index (χ2v) is 9.06. The number of aromatic nitrogens is 1. The van der Waals surface area contributed by atoms with Crippen LogP contribution in [-0.4, -0.2) is 45.3 Å². The van der Waals surface area contributed by atoms with Crippen molar-refractivity contribution in [2.75, 3.05) is 13.6 Å². The number of aromatic hydroxyl groups is 1. The Balaban J connectivity index is 1.63. The number of pyridine rings is 1. The van der Waals surface area contributed by atoms with E-state index in [1.807, 2.05) is 24.3 Å². The minimum Gasteiger partial charge on any atom is -0.508 e. The van der Waals surface area contributed by atoms with Crippen molar-refractivity contribution in [2.45, 2.75) is 42.7 Å². The van der Waals surface area contributed by atoms with E-state index in [0.29, 0.717) is 18.4 Å². The number of hydrogen-bond acceptors (Lipinski definition) is 4. The van der Waals surface area contributed by atoms with Gasteiger partial charge in [-0.2, -0.15) is 0 Å². The van der Waals surface area contributed by atoms with Gasteiger partial charge in [0.25, 0.3) is 0 Å². The van der Waals surface area contributed by atoms with E-state index in [-0.39, 0.29) is 17.6 Å². The maximum Gasteiger partial charge on any atom is 0.149 e. The van der Waals surface area contributed by atoms with Gasteiger partial charge in [0.05, 0.1) is 5.60 Å². The molecule has 3 atom stereocenters. The number of aliphatic hydroxyl groups is 1. The number of phenols is 1. The van der Waals surface area contributed by atoms with Gasteiger partial charge in [-0.1, -0.05) is 18.2 Å². The molecule has 2 aliphatic carbocycles. The summed E-state index contributed by atoms with van der Waals surface area (Å²) in [6.45, 7) is 0.874. The maximum atomic E-state index is 14.4. The van der Waals surface area contributed by atoms with Crippen molar-refractivity contribution in [3.63, 3.8) is 0 Å². The average molecular weight is 390 g/mol. The summed E-state index contributed by atoms with van der Waals surface area (Å²) < 4.78 is 14.4. The lowest BCUT2D eigenvalue weighted by molar-refractivity contribution is -0.145. The van der Waals surface area contributed by atoms with Crippen molar-refractivity contribution in [1.29, 1.82) is 0 Å². The predicted molar refractivity (Wildman–Crippen MR) is 109 cm³/mol. The fourth-order valence-electron chi connectivity index (χ4n) is 6.26. The summed E-state index contributed by atoms with van der Waals surface area (Å²) in [7, 11) is 2.08. The lowest BCUT2D eigenvalue weighted by Crippen LogP contribution is -2.73. The molecule has 0 saturated carbocycles. The van der Waals surface area contributed by atoms with Gasteiger partial charge in [0.1, 0.15) is 17.1 Å². The summed E-state index contributed by atoms with van der Waals surface area (Å²) in [5.74, 6) is -0.0901. The molecule has 2 N–H and O–H groups in total. The molecule has 2 bridgehead atoms. The zero-order valence-electron chi connectivity index (χ0n) is 16.3. The van der Waals surface area contributed by atoms with Gasteiger partial charge in [-0.05, 0) is 67.4 Å². The summed E-state index contributed by atoms with van der Waals surface area (Å²) in [4.78, 5) is 7.00. The Morgan fingerprint density at radius 1 is 1.14 bits per heavy atom. The highest BCUT2D eigenvalue weighted by atomic mass is 19.1. The zero-order chi connectivity index (χ0) is 20.0. The van der Waals surface area contributed by atoms with Crippen LogP contribution in [0, 0.1) is 5.82 Å². The largest absolute Gasteiger partial charge is 0.508 e. The molecule has 0 amide bonds. The molecule has 1 fully saturated rings. The molecule has 2 heterocycles. The van der Waals surface area contributed by atoms with Gasteiger partial charge in [0, 0.05) is 35.4 Å². The maximum absolute atomic E-state index is 14.4. The van der Waals surface area contributed by atoms with Crippen LogP contribution in [0.25, 0.3) is 10.9 Å². The normalized spacial score (nSPS) is 30.5. The van der Waals surface area contributed by atoms with Crippen LogP contribution < -0.4 is 0 Å². The molecule has 3 aromatic rings. The Hall–Kier alpha value is -2.50. The Bertz CT molecular complexity index is 1180. The summed E-state index contributed by atoms with van der Waals surface area (Å²) in [6.07, 6.45) is 2.59. The minimum absolute atomic E-state index is 0.00430. The molecule has 2 aromatic carbocycles. The molecule has 6 rings (SSSR count). The van der Waals surface area contributed by atoms with Crippen molar-refractivity contribution in [2.24, 2.45) is 0 Å². The molecule has 1 aliphatic heterocycles. The molecule has 0 spiro atoms. The van der Waals surface area contributed by atoms with Crippen molar-refractivity contribution in [3.05, 3.63) is 70.7 Å². The van der Waals surface area contributed by atoms with E-state index in [2.05, 4.69) is 11.9 Å². The summed E-state index contributed by atoms with van der Waals surface area (Å²) >= 11 is 0. The average Bonchev–Trinajstić information content (AvgIpc) is 2.69. The molecule has 4 nitrogen and oxygen atoms in total. The van der Waals surface area contributed by atoms with Crippen molar-refractivity contribution >= 4 is 10.9 Å². The molecule has 148 valence electrons. The molecule has 29 heavy (non-hydrogen) atoms. The first-order chi connectivity index (χ1) is 13.9. The Morgan fingerprint density at radius 2 is 2.00 bits per heavy atom. The zero-order valence-corrected chi connectivity index (χ0v) is 16.3. The third kappa shape index (κ3) is 2.12. The number of rotatable bonds is 0. The van der Waals surface area contributed by atoms with Gasteiger partial charge in [0.15, 0.2) is 0 Å². The molecular weight excluding hydrogens is 367 g/mol. The number of hydrogen-bond donors (Lipinski definition) is 2. The number of para-hydroxylation sites is 1. The molecular formula is C24H23FN2O2. The van der Waals surface area contributed by atoms with E-state index in [4.69, 9.17) is 4.98 Å². The first-order valence-electron chi connectivity index (χ1n) is 10.2. The van der Waals surface area contributed by atoms with Crippen LogP contribution in [0.1, 0.15) is 28.8 Å². The van der Waals surface area contributed by atoms with Crippen LogP contribution in [-0.2, 0) is 24.7 Å². The summed E-state index contributed by atoms with van der Waals surface area (Å²) in [5.41, 5.74) is 3.01. The van der Waals surface area contributed by atoms with Crippen LogP contribution >= 0.6 is 0 Å². The predicted octanol–water partition coefficient (Wildman–Crippen LogP) is 3.11. The highest BCUT2D eigenvalue weighted by molar-refractivity contribution is 5.80. The smallest absolute Gasteiger partial charge is 0.149 e. The topological polar surface area (TPSA) is 56.6 Å². The molecule has 3 aliphatic rings. The van der Waals surface area contributed by atoms with E-state index in [1.54, 1.807) is 12.1 Å². The molecule has 0 unspecified atom stereocenters. The number of piperidine rings is 1. The van der Waals surface area contributed by atoms with Crippen molar-refractivity contribution < 1.29 is 14.6 Å². The molecule has 5 heteroatoms. The van der Waals surface area contributed by atoms with Crippen molar-refractivity contribution in [3.8, 4) is 5.75 Å². The molecule has 1 saturated heterocycles. The Labute approximate surface area is 168 Å². The monoisotopic (exact) mass is 390 g/mol. The van der Waals surface area contributed by atoms with Gasteiger partial charge in [-0.25, -0.2) is 9.37 Å². The number of phenolic OH excluding ortho intramolecular Hbond substituents is 1. The van der Waals surface area contributed by atoms with Crippen LogP contribution in [0.3, 0.4) is 0 Å². The standard InChI is InChI=1S/C24H23FN2O2/c1-27-8-7-23-13-20-16(9-15-3-2-4-19(25)22(15)26-20)12-24(23,29)21(27)10-14-5-6-17(28)11-18(14)23/h2-6,9,11,21,28-29H,7-8,10,12-13H2,1H3/t21-,23-,24-/m1/s1. The van der Waals surface area contributed by atoms with E-state index < -0.39 is 11.0 Å². The number of nitrogens with zero attached hydrogens (tertiary/aromatic N) is 2. The first kappa shape index (κ1) is 17.4. The third-order valence-corrected chi connectivity index (χ3v) is 7.72. The first-order valence-corrected chi connectivity index (χ1v) is 10.2. The highest BCUT2D eigenvalue weighted by Crippen LogP contribution is 2.57. The Morgan fingerprint density at radius 3 is 2.86 bits per heavy atom. The van der Waals surface area contributed by atoms with Crippen LogP contribution in [0.4, 0.5) is 4.39 Å². The number of likely N-dealkylation sites (N-methyl/N-ethyl adjacent to an activating group) is 1. The second-order valence-electron chi connectivity index (χ2n) is 9.06. The number of fused-ring (bicyclic) bond motifs is 3. The number of likely N-dealkylation sites (tertiary alicyclic amines) is 1. The van der Waals surface area contributed by atoms with Crippen molar-refractivity contribution in [1.82, 2.24) is 9.88 Å². The van der Waals surface area contributed by atoms with Gasteiger partial charge >= 0.3 is 0 Å². The quantitative estimate of drug-likeness (QED) is 0.619. The van der Waals surface area contributed by atoms with E-state index in [0.717, 1.165) is 41.6 Å². The number of halogens is 1.